The molecule has 2 aromatic carbocycles. The molecule has 0 saturated carbocycles. The second-order valence-electron chi connectivity index (χ2n) is 7.07. The van der Waals surface area contributed by atoms with E-state index in [-0.39, 0.29) is 24.3 Å². The van der Waals surface area contributed by atoms with E-state index in [1.54, 1.807) is 12.1 Å². The molecule has 0 radical (unpaired) electrons. The molecule has 0 spiro atoms. The zero-order valence-corrected chi connectivity index (χ0v) is 16.4. The Labute approximate surface area is 173 Å². The summed E-state index contributed by atoms with van der Waals surface area (Å²) in [6.45, 7) is 5.02. The first kappa shape index (κ1) is 19.6. The molecule has 1 saturated heterocycles. The predicted molar refractivity (Wildman–Crippen MR) is 110 cm³/mol. The van der Waals surface area contributed by atoms with Crippen LogP contribution < -0.4 is 10.1 Å². The lowest BCUT2D eigenvalue weighted by Crippen LogP contribution is -2.40. The van der Waals surface area contributed by atoms with Crippen LogP contribution in [0, 0.1) is 5.82 Å². The van der Waals surface area contributed by atoms with E-state index in [0.29, 0.717) is 18.0 Å². The Balaban J connectivity index is 1.35. The summed E-state index contributed by atoms with van der Waals surface area (Å²) in [5.41, 5.74) is 1.62. The molecular formula is C22H22FN5O2. The number of benzene rings is 2. The molecule has 154 valence electrons. The number of halogens is 1. The number of aromatic nitrogens is 3. The third-order valence-corrected chi connectivity index (χ3v) is 4.95. The van der Waals surface area contributed by atoms with Crippen molar-refractivity contribution in [2.75, 3.05) is 11.9 Å². The van der Waals surface area contributed by atoms with E-state index in [1.807, 2.05) is 29.2 Å². The molecule has 1 aliphatic rings. The maximum atomic E-state index is 13.0. The fourth-order valence-corrected chi connectivity index (χ4v) is 3.49. The standard InChI is InChI=1S/C22H22FN5O2/c1-16(21-3-2-12-28(21)22(29)13-27-15-24-14-25-27)26-18-6-10-20(11-7-18)30-19-8-4-17(23)5-9-19/h4-11,14-15,21,26H,1-3,12-13H2. The molecular weight excluding hydrogens is 385 g/mol. The minimum absolute atomic E-state index is 0.00556. The molecule has 4 rings (SSSR count). The van der Waals surface area contributed by atoms with Crippen LogP contribution in [0.1, 0.15) is 12.8 Å². The quantitative estimate of drug-likeness (QED) is 0.645. The Morgan fingerprint density at radius 2 is 1.87 bits per heavy atom. The summed E-state index contributed by atoms with van der Waals surface area (Å²) in [5, 5.41) is 7.30. The van der Waals surface area contributed by atoms with Gasteiger partial charge in [-0.2, -0.15) is 5.10 Å². The summed E-state index contributed by atoms with van der Waals surface area (Å²) in [5.74, 6) is 0.896. The number of carbonyl (C=O) groups is 1. The zero-order valence-electron chi connectivity index (χ0n) is 16.4. The van der Waals surface area contributed by atoms with E-state index in [0.717, 1.165) is 24.2 Å². The van der Waals surface area contributed by atoms with Crippen LogP contribution in [0.2, 0.25) is 0 Å². The minimum Gasteiger partial charge on any atom is -0.457 e. The molecule has 0 aliphatic carbocycles. The van der Waals surface area contributed by atoms with Gasteiger partial charge in [0.15, 0.2) is 0 Å². The van der Waals surface area contributed by atoms with Gasteiger partial charge in [0.25, 0.3) is 0 Å². The highest BCUT2D eigenvalue weighted by Crippen LogP contribution is 2.27. The van der Waals surface area contributed by atoms with E-state index in [2.05, 4.69) is 22.0 Å². The number of hydrogen-bond donors (Lipinski definition) is 1. The van der Waals surface area contributed by atoms with Gasteiger partial charge in [-0.3, -0.25) is 4.79 Å². The topological polar surface area (TPSA) is 72.3 Å². The Hall–Kier alpha value is -3.68. The van der Waals surface area contributed by atoms with Crippen LogP contribution in [0.25, 0.3) is 0 Å². The van der Waals surface area contributed by atoms with Gasteiger partial charge in [0, 0.05) is 17.9 Å². The lowest BCUT2D eigenvalue weighted by atomic mass is 10.1. The molecule has 1 aromatic heterocycles. The van der Waals surface area contributed by atoms with Crippen molar-refractivity contribution in [3.8, 4) is 11.5 Å². The lowest BCUT2D eigenvalue weighted by Gasteiger charge is -2.27. The maximum Gasteiger partial charge on any atom is 0.244 e. The molecule has 1 amide bonds. The van der Waals surface area contributed by atoms with Gasteiger partial charge in [0.1, 0.15) is 36.5 Å². The average Bonchev–Trinajstić information content (AvgIpc) is 3.43. The van der Waals surface area contributed by atoms with Crippen molar-refractivity contribution in [1.29, 1.82) is 0 Å². The number of nitrogens with zero attached hydrogens (tertiary/aromatic N) is 4. The molecule has 1 atom stereocenters. The smallest absolute Gasteiger partial charge is 0.244 e. The molecule has 8 heteroatoms. The summed E-state index contributed by atoms with van der Waals surface area (Å²) < 4.78 is 20.2. The highest BCUT2D eigenvalue weighted by Gasteiger charge is 2.30. The molecule has 7 nitrogen and oxygen atoms in total. The number of ether oxygens (including phenoxy) is 1. The van der Waals surface area contributed by atoms with Crippen molar-refractivity contribution in [3.05, 3.63) is 79.3 Å². The minimum atomic E-state index is -0.305. The summed E-state index contributed by atoms with van der Waals surface area (Å²) in [6.07, 6.45) is 4.74. The number of hydrogen-bond acceptors (Lipinski definition) is 5. The number of anilines is 1. The number of carbonyl (C=O) groups excluding carboxylic acids is 1. The van der Waals surface area contributed by atoms with Crippen LogP contribution in [0.5, 0.6) is 11.5 Å². The third kappa shape index (κ3) is 4.65. The van der Waals surface area contributed by atoms with Crippen molar-refractivity contribution in [2.45, 2.75) is 25.4 Å². The highest BCUT2D eigenvalue weighted by molar-refractivity contribution is 5.77. The highest BCUT2D eigenvalue weighted by atomic mass is 19.1. The second-order valence-corrected chi connectivity index (χ2v) is 7.07. The Kier molecular flexibility index (Phi) is 5.74. The van der Waals surface area contributed by atoms with Crippen molar-refractivity contribution < 1.29 is 13.9 Å². The van der Waals surface area contributed by atoms with Crippen molar-refractivity contribution in [3.63, 3.8) is 0 Å². The van der Waals surface area contributed by atoms with E-state index in [9.17, 15) is 9.18 Å². The maximum absolute atomic E-state index is 13.0. The summed E-state index contributed by atoms with van der Waals surface area (Å²) in [4.78, 5) is 18.4. The Bertz CT molecular complexity index is 1000. The van der Waals surface area contributed by atoms with Crippen LogP contribution in [0.4, 0.5) is 10.1 Å². The molecule has 1 N–H and O–H groups in total. The third-order valence-electron chi connectivity index (χ3n) is 4.95. The summed E-state index contributed by atoms with van der Waals surface area (Å²) >= 11 is 0. The van der Waals surface area contributed by atoms with Crippen LogP contribution in [0.15, 0.2) is 73.5 Å². The van der Waals surface area contributed by atoms with Gasteiger partial charge in [-0.05, 0) is 61.4 Å². The van der Waals surface area contributed by atoms with Gasteiger partial charge in [0.2, 0.25) is 5.91 Å². The molecule has 3 aromatic rings. The van der Waals surface area contributed by atoms with Crippen LogP contribution in [-0.4, -0.2) is 38.2 Å². The average molecular weight is 407 g/mol. The van der Waals surface area contributed by atoms with Crippen LogP contribution >= 0.6 is 0 Å². The van der Waals surface area contributed by atoms with Gasteiger partial charge < -0.3 is 15.0 Å². The molecule has 1 unspecified atom stereocenters. The van der Waals surface area contributed by atoms with Gasteiger partial charge in [-0.1, -0.05) is 6.58 Å². The number of nitrogens with one attached hydrogen (secondary N) is 1. The normalized spacial score (nSPS) is 15.8. The first-order valence-electron chi connectivity index (χ1n) is 9.70. The molecule has 2 heterocycles. The molecule has 1 aliphatic heterocycles. The van der Waals surface area contributed by atoms with Crippen LogP contribution in [0.3, 0.4) is 0 Å². The lowest BCUT2D eigenvalue weighted by molar-refractivity contribution is -0.132. The van der Waals surface area contributed by atoms with E-state index in [4.69, 9.17) is 4.74 Å². The van der Waals surface area contributed by atoms with Gasteiger partial charge in [-0.15, -0.1) is 0 Å². The van der Waals surface area contributed by atoms with E-state index < -0.39 is 0 Å². The van der Waals surface area contributed by atoms with Gasteiger partial charge >= 0.3 is 0 Å². The van der Waals surface area contributed by atoms with Gasteiger partial charge in [-0.25, -0.2) is 14.1 Å². The fraction of sp³-hybridized carbons (Fsp3) is 0.227. The monoisotopic (exact) mass is 407 g/mol. The summed E-state index contributed by atoms with van der Waals surface area (Å²) in [7, 11) is 0. The van der Waals surface area contributed by atoms with Crippen molar-refractivity contribution >= 4 is 11.6 Å². The zero-order chi connectivity index (χ0) is 20.9. The number of rotatable bonds is 7. The first-order valence-corrected chi connectivity index (χ1v) is 9.70. The molecule has 1 fully saturated rings. The summed E-state index contributed by atoms with van der Waals surface area (Å²) in [6, 6.07) is 13.2. The van der Waals surface area contributed by atoms with E-state index >= 15 is 0 Å². The number of amides is 1. The second kappa shape index (κ2) is 8.77. The van der Waals surface area contributed by atoms with Crippen LogP contribution in [-0.2, 0) is 11.3 Å². The SMILES string of the molecule is C=C(Nc1ccc(Oc2ccc(F)cc2)cc1)C1CCCN1C(=O)Cn1cncn1. The Morgan fingerprint density at radius 1 is 1.17 bits per heavy atom. The molecule has 0 bridgehead atoms. The van der Waals surface area contributed by atoms with E-state index in [1.165, 1.54) is 29.5 Å². The number of likely N-dealkylation sites (tertiary alicyclic amines) is 1. The van der Waals surface area contributed by atoms with Gasteiger partial charge in [0.05, 0.1) is 6.04 Å². The first-order chi connectivity index (χ1) is 14.6. The van der Waals surface area contributed by atoms with Crippen molar-refractivity contribution in [1.82, 2.24) is 19.7 Å². The van der Waals surface area contributed by atoms with Crippen molar-refractivity contribution in [2.24, 2.45) is 0 Å². The fourth-order valence-electron chi connectivity index (χ4n) is 3.49. The predicted octanol–water partition coefficient (Wildman–Crippen LogP) is 3.83. The largest absolute Gasteiger partial charge is 0.457 e. The molecule has 30 heavy (non-hydrogen) atoms. The Morgan fingerprint density at radius 3 is 2.53 bits per heavy atom.